The third kappa shape index (κ3) is 3.91. The van der Waals surface area contributed by atoms with Crippen molar-refractivity contribution in [3.05, 3.63) is 60.8 Å². The van der Waals surface area contributed by atoms with Crippen LogP contribution in [0.4, 0.5) is 0 Å². The van der Waals surface area contributed by atoms with Gasteiger partial charge < -0.3 is 19.1 Å². The number of hydrogen-bond donors (Lipinski definition) is 0. The Labute approximate surface area is 146 Å². The maximum atomic E-state index is 12.6. The van der Waals surface area contributed by atoms with E-state index < -0.39 is 0 Å². The highest BCUT2D eigenvalue weighted by molar-refractivity contribution is 5.96. The van der Waals surface area contributed by atoms with Crippen LogP contribution < -0.4 is 14.2 Å². The predicted molar refractivity (Wildman–Crippen MR) is 93.2 cm³/mol. The average molecular weight is 340 g/mol. The van der Waals surface area contributed by atoms with E-state index in [0.29, 0.717) is 36.9 Å². The van der Waals surface area contributed by atoms with Gasteiger partial charge in [-0.1, -0.05) is 6.08 Å². The molecule has 0 bridgehead atoms. The van der Waals surface area contributed by atoms with E-state index in [9.17, 15) is 4.79 Å². The number of carbonyl (C=O) groups is 1. The molecule has 2 aromatic rings. The molecule has 1 aromatic heterocycles. The molecular weight excluding hydrogens is 320 g/mol. The molecule has 130 valence electrons. The van der Waals surface area contributed by atoms with E-state index in [2.05, 4.69) is 11.6 Å². The normalized spacial score (nSPS) is 16.4. The fourth-order valence-corrected chi connectivity index (χ4v) is 2.60. The van der Waals surface area contributed by atoms with Gasteiger partial charge in [0.05, 0.1) is 13.7 Å². The number of ether oxygens (including phenoxy) is 3. The maximum absolute atomic E-state index is 12.6. The van der Waals surface area contributed by atoms with Crippen molar-refractivity contribution in [3.63, 3.8) is 0 Å². The van der Waals surface area contributed by atoms with Gasteiger partial charge in [-0.3, -0.25) is 4.79 Å². The third-order valence-electron chi connectivity index (χ3n) is 3.84. The van der Waals surface area contributed by atoms with E-state index in [1.807, 2.05) is 24.3 Å². The summed E-state index contributed by atoms with van der Waals surface area (Å²) in [5, 5.41) is 0. The molecule has 1 unspecified atom stereocenters. The Bertz CT molecular complexity index is 745. The zero-order valence-corrected chi connectivity index (χ0v) is 14.1. The molecule has 3 rings (SSSR count). The van der Waals surface area contributed by atoms with Crippen molar-refractivity contribution in [3.8, 4) is 17.4 Å². The number of methoxy groups -OCH3 is 1. The van der Waals surface area contributed by atoms with Gasteiger partial charge in [-0.2, -0.15) is 0 Å². The molecule has 25 heavy (non-hydrogen) atoms. The standard InChI is InChI=1S/C19H20N2O4/c1-3-11-21-12-16(13-24-15-8-6-14(23-2)7-9-15)25-18-17(19(21)22)5-4-10-20-18/h3-10,16H,1,11-13H2,2H3. The SMILES string of the molecule is C=CCN1CC(COc2ccc(OC)cc2)Oc2ncccc2C1=O. The minimum Gasteiger partial charge on any atom is -0.497 e. The smallest absolute Gasteiger partial charge is 0.259 e. The summed E-state index contributed by atoms with van der Waals surface area (Å²) in [5.74, 6) is 1.69. The van der Waals surface area contributed by atoms with Gasteiger partial charge >= 0.3 is 0 Å². The molecule has 0 fully saturated rings. The van der Waals surface area contributed by atoms with Gasteiger partial charge in [0.1, 0.15) is 23.7 Å². The first kappa shape index (κ1) is 16.8. The Kier molecular flexibility index (Phi) is 5.18. The lowest BCUT2D eigenvalue weighted by atomic mass is 10.2. The first-order chi connectivity index (χ1) is 12.2. The fourth-order valence-electron chi connectivity index (χ4n) is 2.60. The van der Waals surface area contributed by atoms with Gasteiger partial charge in [-0.15, -0.1) is 6.58 Å². The van der Waals surface area contributed by atoms with Crippen LogP contribution >= 0.6 is 0 Å². The number of rotatable bonds is 6. The Morgan fingerprint density at radius 3 is 2.80 bits per heavy atom. The van der Waals surface area contributed by atoms with E-state index in [1.54, 1.807) is 36.4 Å². The van der Waals surface area contributed by atoms with Crippen molar-refractivity contribution in [2.45, 2.75) is 6.10 Å². The zero-order valence-electron chi connectivity index (χ0n) is 14.1. The van der Waals surface area contributed by atoms with Crippen LogP contribution in [0.1, 0.15) is 10.4 Å². The first-order valence-corrected chi connectivity index (χ1v) is 8.00. The lowest BCUT2D eigenvalue weighted by molar-refractivity contribution is 0.0671. The number of benzene rings is 1. The fraction of sp³-hybridized carbons (Fsp3) is 0.263. The number of pyridine rings is 1. The van der Waals surface area contributed by atoms with Crippen molar-refractivity contribution in [1.82, 2.24) is 9.88 Å². The summed E-state index contributed by atoms with van der Waals surface area (Å²) >= 11 is 0. The van der Waals surface area contributed by atoms with Gasteiger partial charge in [0, 0.05) is 12.7 Å². The summed E-state index contributed by atoms with van der Waals surface area (Å²) in [6, 6.07) is 10.7. The molecule has 6 nitrogen and oxygen atoms in total. The van der Waals surface area contributed by atoms with Crippen LogP contribution in [0.3, 0.4) is 0 Å². The molecule has 1 atom stereocenters. The quantitative estimate of drug-likeness (QED) is 0.757. The maximum Gasteiger partial charge on any atom is 0.259 e. The predicted octanol–water partition coefficient (Wildman–Crippen LogP) is 2.56. The van der Waals surface area contributed by atoms with Crippen molar-refractivity contribution in [2.24, 2.45) is 0 Å². The molecule has 1 aliphatic rings. The summed E-state index contributed by atoms with van der Waals surface area (Å²) in [4.78, 5) is 18.5. The van der Waals surface area contributed by atoms with Crippen LogP contribution in [0.5, 0.6) is 17.4 Å². The molecule has 1 aromatic carbocycles. The lowest BCUT2D eigenvalue weighted by Crippen LogP contribution is -2.39. The molecule has 0 saturated heterocycles. The highest BCUT2D eigenvalue weighted by Gasteiger charge is 2.29. The van der Waals surface area contributed by atoms with Gasteiger partial charge in [0.15, 0.2) is 6.10 Å². The Balaban J connectivity index is 1.74. The van der Waals surface area contributed by atoms with Gasteiger partial charge in [0.2, 0.25) is 5.88 Å². The first-order valence-electron chi connectivity index (χ1n) is 8.00. The highest BCUT2D eigenvalue weighted by atomic mass is 16.5. The Morgan fingerprint density at radius 2 is 2.08 bits per heavy atom. The summed E-state index contributed by atoms with van der Waals surface area (Å²) < 4.78 is 16.8. The molecule has 0 spiro atoms. The molecular formula is C19H20N2O4. The number of hydrogen-bond acceptors (Lipinski definition) is 5. The molecule has 0 aliphatic carbocycles. The zero-order chi connectivity index (χ0) is 17.6. The van der Waals surface area contributed by atoms with Crippen LogP contribution in [0.15, 0.2) is 55.3 Å². The van der Waals surface area contributed by atoms with Crippen molar-refractivity contribution in [2.75, 3.05) is 26.8 Å². The number of nitrogens with zero attached hydrogens (tertiary/aromatic N) is 2. The van der Waals surface area contributed by atoms with Crippen LogP contribution in [0, 0.1) is 0 Å². The Hall–Kier alpha value is -3.02. The molecule has 1 amide bonds. The van der Waals surface area contributed by atoms with Gasteiger partial charge in [-0.05, 0) is 36.4 Å². The number of aromatic nitrogens is 1. The van der Waals surface area contributed by atoms with Crippen LogP contribution in [0.2, 0.25) is 0 Å². The number of carbonyl (C=O) groups excluding carboxylic acids is 1. The van der Waals surface area contributed by atoms with E-state index in [4.69, 9.17) is 14.2 Å². The molecule has 0 N–H and O–H groups in total. The second-order valence-corrected chi connectivity index (χ2v) is 5.58. The lowest BCUT2D eigenvalue weighted by Gasteiger charge is -2.23. The van der Waals surface area contributed by atoms with Gasteiger partial charge in [-0.25, -0.2) is 4.98 Å². The van der Waals surface area contributed by atoms with E-state index >= 15 is 0 Å². The second kappa shape index (κ2) is 7.70. The third-order valence-corrected chi connectivity index (χ3v) is 3.84. The number of amides is 1. The molecule has 6 heteroatoms. The van der Waals surface area contributed by atoms with E-state index in [1.165, 1.54) is 0 Å². The monoisotopic (exact) mass is 340 g/mol. The largest absolute Gasteiger partial charge is 0.497 e. The van der Waals surface area contributed by atoms with E-state index in [-0.39, 0.29) is 12.0 Å². The van der Waals surface area contributed by atoms with Crippen molar-refractivity contribution in [1.29, 1.82) is 0 Å². The van der Waals surface area contributed by atoms with Crippen molar-refractivity contribution < 1.29 is 19.0 Å². The van der Waals surface area contributed by atoms with Gasteiger partial charge in [0.25, 0.3) is 5.91 Å². The topological polar surface area (TPSA) is 60.9 Å². The average Bonchev–Trinajstić information content (AvgIpc) is 2.78. The highest BCUT2D eigenvalue weighted by Crippen LogP contribution is 2.23. The van der Waals surface area contributed by atoms with Crippen LogP contribution in [-0.2, 0) is 0 Å². The summed E-state index contributed by atoms with van der Waals surface area (Å²) in [7, 11) is 1.62. The second-order valence-electron chi connectivity index (χ2n) is 5.58. The minimum atomic E-state index is -0.331. The molecule has 0 radical (unpaired) electrons. The molecule has 2 heterocycles. The van der Waals surface area contributed by atoms with E-state index in [0.717, 1.165) is 5.75 Å². The van der Waals surface area contributed by atoms with Crippen LogP contribution in [-0.4, -0.2) is 48.7 Å². The summed E-state index contributed by atoms with van der Waals surface area (Å²) in [6.07, 6.45) is 2.97. The van der Waals surface area contributed by atoms with Crippen molar-refractivity contribution >= 4 is 5.91 Å². The summed E-state index contributed by atoms with van der Waals surface area (Å²) in [5.41, 5.74) is 0.455. The molecule has 0 saturated carbocycles. The molecule has 1 aliphatic heterocycles. The Morgan fingerprint density at radius 1 is 1.32 bits per heavy atom. The minimum absolute atomic E-state index is 0.116. The summed E-state index contributed by atoms with van der Waals surface area (Å²) in [6.45, 7) is 4.85. The van der Waals surface area contributed by atoms with Crippen LogP contribution in [0.25, 0.3) is 0 Å². The number of fused-ring (bicyclic) bond motifs is 1.